The molecule has 3 aromatic rings. The zero-order chi connectivity index (χ0) is 16.4. The second kappa shape index (κ2) is 6.68. The van der Waals surface area contributed by atoms with Crippen LogP contribution >= 0.6 is 22.9 Å². The van der Waals surface area contributed by atoms with Crippen LogP contribution in [0, 0.1) is 12.7 Å². The summed E-state index contributed by atoms with van der Waals surface area (Å²) in [6.45, 7) is 2.54. The van der Waals surface area contributed by atoms with E-state index in [1.807, 2.05) is 13.0 Å². The Morgan fingerprint density at radius 1 is 1.30 bits per heavy atom. The van der Waals surface area contributed by atoms with E-state index in [9.17, 15) is 4.39 Å². The second-order valence-electron chi connectivity index (χ2n) is 5.05. The molecular weight excluding hydrogens is 337 g/mol. The number of thiophene rings is 1. The van der Waals surface area contributed by atoms with E-state index in [4.69, 9.17) is 16.3 Å². The van der Waals surface area contributed by atoms with Crippen LogP contribution in [0.25, 0.3) is 10.1 Å². The molecule has 0 unspecified atom stereocenters. The number of benzene rings is 1. The molecule has 120 valence electrons. The number of aromatic nitrogens is 2. The highest BCUT2D eigenvalue weighted by Gasteiger charge is 2.15. The number of halogens is 2. The molecule has 0 bridgehead atoms. The first kappa shape index (κ1) is 16.0. The van der Waals surface area contributed by atoms with E-state index in [0.717, 1.165) is 20.9 Å². The lowest BCUT2D eigenvalue weighted by Crippen LogP contribution is -2.07. The standard InChI is InChI=1S/C16H15ClFN3OS/c1-9-5-11-12(18)6-10(15(22-2)16(11)23-9)3-4-19-14-7-13(17)20-8-21-14/h5-8H,3-4H2,1-2H3,(H,19,20,21). The molecule has 0 amide bonds. The monoisotopic (exact) mass is 351 g/mol. The molecule has 1 N–H and O–H groups in total. The maximum absolute atomic E-state index is 14.3. The highest BCUT2D eigenvalue weighted by Crippen LogP contribution is 2.38. The summed E-state index contributed by atoms with van der Waals surface area (Å²) in [6, 6.07) is 5.04. The second-order valence-corrected chi connectivity index (χ2v) is 6.70. The topological polar surface area (TPSA) is 47.0 Å². The van der Waals surface area contributed by atoms with Gasteiger partial charge >= 0.3 is 0 Å². The molecule has 2 aromatic heterocycles. The van der Waals surface area contributed by atoms with Gasteiger partial charge in [-0.3, -0.25) is 0 Å². The van der Waals surface area contributed by atoms with Gasteiger partial charge in [0.25, 0.3) is 0 Å². The Balaban J connectivity index is 1.82. The normalized spacial score (nSPS) is 11.0. The molecule has 0 atom stereocenters. The van der Waals surface area contributed by atoms with Crippen LogP contribution in [0.5, 0.6) is 5.75 Å². The fourth-order valence-electron chi connectivity index (χ4n) is 2.47. The van der Waals surface area contributed by atoms with Crippen molar-refractivity contribution in [2.24, 2.45) is 0 Å². The minimum atomic E-state index is -0.217. The number of nitrogens with zero attached hydrogens (tertiary/aromatic N) is 2. The largest absolute Gasteiger partial charge is 0.495 e. The van der Waals surface area contributed by atoms with E-state index in [2.05, 4.69) is 15.3 Å². The number of aryl methyl sites for hydroxylation is 1. The van der Waals surface area contributed by atoms with E-state index in [-0.39, 0.29) is 5.82 Å². The Morgan fingerprint density at radius 2 is 2.13 bits per heavy atom. The number of nitrogens with one attached hydrogen (secondary N) is 1. The third-order valence-corrected chi connectivity index (χ3v) is 4.71. The fraction of sp³-hybridized carbons (Fsp3) is 0.250. The number of hydrogen-bond donors (Lipinski definition) is 1. The Kier molecular flexibility index (Phi) is 4.63. The lowest BCUT2D eigenvalue weighted by Gasteiger charge is -2.11. The molecule has 2 heterocycles. The van der Waals surface area contributed by atoms with Gasteiger partial charge in [0.05, 0.1) is 11.8 Å². The molecule has 0 aliphatic carbocycles. The number of anilines is 1. The van der Waals surface area contributed by atoms with Crippen molar-refractivity contribution < 1.29 is 9.13 Å². The lowest BCUT2D eigenvalue weighted by atomic mass is 10.1. The minimum absolute atomic E-state index is 0.217. The molecule has 0 fully saturated rings. The highest BCUT2D eigenvalue weighted by molar-refractivity contribution is 7.19. The summed E-state index contributed by atoms with van der Waals surface area (Å²) >= 11 is 7.36. The molecule has 3 rings (SSSR count). The van der Waals surface area contributed by atoms with Crippen LogP contribution in [0.1, 0.15) is 10.4 Å². The first-order chi connectivity index (χ1) is 11.1. The van der Waals surface area contributed by atoms with Crippen molar-refractivity contribution in [1.82, 2.24) is 9.97 Å². The van der Waals surface area contributed by atoms with E-state index < -0.39 is 0 Å². The average molecular weight is 352 g/mol. The SMILES string of the molecule is COc1c(CCNc2cc(Cl)ncn2)cc(F)c2cc(C)sc12. The number of ether oxygens (including phenoxy) is 1. The molecule has 0 aliphatic heterocycles. The van der Waals surface area contributed by atoms with Gasteiger partial charge in [0.1, 0.15) is 28.9 Å². The Hall–Kier alpha value is -1.92. The van der Waals surface area contributed by atoms with Crippen LogP contribution in [0.3, 0.4) is 0 Å². The number of fused-ring (bicyclic) bond motifs is 1. The van der Waals surface area contributed by atoms with Gasteiger partial charge in [-0.1, -0.05) is 11.6 Å². The quantitative estimate of drug-likeness (QED) is 0.689. The van der Waals surface area contributed by atoms with Crippen molar-refractivity contribution in [3.63, 3.8) is 0 Å². The maximum atomic E-state index is 14.3. The lowest BCUT2D eigenvalue weighted by molar-refractivity contribution is 0.415. The number of methoxy groups -OCH3 is 1. The summed E-state index contributed by atoms with van der Waals surface area (Å²) in [5, 5.41) is 4.14. The molecule has 1 aromatic carbocycles. The van der Waals surface area contributed by atoms with Gasteiger partial charge in [-0.2, -0.15) is 0 Å². The van der Waals surface area contributed by atoms with Crippen LogP contribution in [0.15, 0.2) is 24.5 Å². The van der Waals surface area contributed by atoms with Crippen LogP contribution in [-0.4, -0.2) is 23.6 Å². The average Bonchev–Trinajstić information content (AvgIpc) is 2.90. The van der Waals surface area contributed by atoms with Crippen molar-refractivity contribution in [2.45, 2.75) is 13.3 Å². The minimum Gasteiger partial charge on any atom is -0.495 e. The van der Waals surface area contributed by atoms with Crippen LogP contribution in [0.4, 0.5) is 10.2 Å². The maximum Gasteiger partial charge on any atom is 0.140 e. The van der Waals surface area contributed by atoms with Crippen LogP contribution in [0.2, 0.25) is 5.15 Å². The summed E-state index contributed by atoms with van der Waals surface area (Å²) < 4.78 is 20.6. The van der Waals surface area contributed by atoms with Gasteiger partial charge in [-0.15, -0.1) is 11.3 Å². The molecule has 0 spiro atoms. The highest BCUT2D eigenvalue weighted by atomic mass is 35.5. The molecule has 4 nitrogen and oxygen atoms in total. The van der Waals surface area contributed by atoms with Crippen LogP contribution in [-0.2, 0) is 6.42 Å². The van der Waals surface area contributed by atoms with Gasteiger partial charge in [-0.05, 0) is 25.5 Å². The predicted molar refractivity (Wildman–Crippen MR) is 92.3 cm³/mol. The molecular formula is C16H15ClFN3OS. The van der Waals surface area contributed by atoms with Crippen molar-refractivity contribution in [3.8, 4) is 5.75 Å². The zero-order valence-corrected chi connectivity index (χ0v) is 14.3. The third kappa shape index (κ3) is 3.38. The summed E-state index contributed by atoms with van der Waals surface area (Å²) in [5.41, 5.74) is 0.826. The summed E-state index contributed by atoms with van der Waals surface area (Å²) in [5.74, 6) is 1.16. The van der Waals surface area contributed by atoms with Crippen molar-refractivity contribution in [3.05, 3.63) is 45.9 Å². The molecule has 7 heteroatoms. The molecule has 0 aliphatic rings. The van der Waals surface area contributed by atoms with Gasteiger partial charge in [0.2, 0.25) is 0 Å². The van der Waals surface area contributed by atoms with Gasteiger partial charge in [0, 0.05) is 28.4 Å². The van der Waals surface area contributed by atoms with Crippen molar-refractivity contribution in [2.75, 3.05) is 19.0 Å². The van der Waals surface area contributed by atoms with Gasteiger partial charge in [0.15, 0.2) is 0 Å². The van der Waals surface area contributed by atoms with Crippen molar-refractivity contribution in [1.29, 1.82) is 0 Å². The van der Waals surface area contributed by atoms with E-state index >= 15 is 0 Å². The Morgan fingerprint density at radius 3 is 2.87 bits per heavy atom. The number of hydrogen-bond acceptors (Lipinski definition) is 5. The molecule has 0 radical (unpaired) electrons. The van der Waals surface area contributed by atoms with Gasteiger partial charge < -0.3 is 10.1 Å². The smallest absolute Gasteiger partial charge is 0.140 e. The molecule has 0 saturated carbocycles. The Bertz CT molecular complexity index is 853. The van der Waals surface area contributed by atoms with Crippen molar-refractivity contribution >= 4 is 38.8 Å². The Labute approximate surface area is 142 Å². The van der Waals surface area contributed by atoms with E-state index in [1.54, 1.807) is 19.2 Å². The first-order valence-electron chi connectivity index (χ1n) is 7.05. The molecule has 0 saturated heterocycles. The van der Waals surface area contributed by atoms with Gasteiger partial charge in [-0.25, -0.2) is 14.4 Å². The number of rotatable bonds is 5. The van der Waals surface area contributed by atoms with E-state index in [1.165, 1.54) is 17.7 Å². The first-order valence-corrected chi connectivity index (χ1v) is 8.25. The zero-order valence-electron chi connectivity index (χ0n) is 12.7. The van der Waals surface area contributed by atoms with E-state index in [0.29, 0.717) is 29.3 Å². The summed E-state index contributed by atoms with van der Waals surface area (Å²) in [7, 11) is 1.61. The fourth-order valence-corrected chi connectivity index (χ4v) is 3.69. The van der Waals surface area contributed by atoms with Crippen LogP contribution < -0.4 is 10.1 Å². The summed E-state index contributed by atoms with van der Waals surface area (Å²) in [6.07, 6.45) is 2.00. The molecule has 23 heavy (non-hydrogen) atoms. The summed E-state index contributed by atoms with van der Waals surface area (Å²) in [4.78, 5) is 8.96. The third-order valence-electron chi connectivity index (χ3n) is 3.45. The predicted octanol–water partition coefficient (Wildman–Crippen LogP) is 4.46.